The molecule has 0 amide bonds. The van der Waals surface area contributed by atoms with Crippen molar-refractivity contribution >= 4 is 22.8 Å². The number of nitrogens with one attached hydrogen (secondary N) is 2. The average Bonchev–Trinajstić information content (AvgIpc) is 3.09. The number of nitrogens with two attached hydrogens (primary N) is 1. The second-order valence-corrected chi connectivity index (χ2v) is 6.38. The lowest BCUT2D eigenvalue weighted by molar-refractivity contribution is 0.733. The highest BCUT2D eigenvalue weighted by molar-refractivity contribution is 7.09. The van der Waals surface area contributed by atoms with Crippen LogP contribution >= 0.6 is 11.3 Å². The molecule has 1 aromatic carbocycles. The Labute approximate surface area is 142 Å². The van der Waals surface area contributed by atoms with Crippen molar-refractivity contribution in [1.82, 2.24) is 9.55 Å². The maximum Gasteiger partial charge on any atom is 0.330 e. The van der Waals surface area contributed by atoms with Gasteiger partial charge in [-0.15, -0.1) is 11.3 Å². The molecule has 0 atom stereocenters. The van der Waals surface area contributed by atoms with Gasteiger partial charge in [0.05, 0.1) is 6.54 Å². The Morgan fingerprint density at radius 3 is 2.62 bits per heavy atom. The number of anilines is 2. The maximum absolute atomic E-state index is 12.1. The predicted molar refractivity (Wildman–Crippen MR) is 97.8 cm³/mol. The zero-order valence-electron chi connectivity index (χ0n) is 13.0. The van der Waals surface area contributed by atoms with Crippen molar-refractivity contribution in [2.75, 3.05) is 17.6 Å². The van der Waals surface area contributed by atoms with Crippen molar-refractivity contribution in [3.05, 3.63) is 79.1 Å². The lowest BCUT2D eigenvalue weighted by Gasteiger charge is -2.13. The fourth-order valence-electron chi connectivity index (χ4n) is 2.45. The first-order chi connectivity index (χ1) is 11.6. The molecule has 2 heterocycles. The molecule has 0 aliphatic rings. The molecule has 4 N–H and O–H groups in total. The molecule has 0 saturated heterocycles. The number of hydrogen-bond donors (Lipinski definition) is 3. The van der Waals surface area contributed by atoms with Gasteiger partial charge in [-0.2, -0.15) is 0 Å². The first-order valence-electron chi connectivity index (χ1n) is 7.58. The number of aromatic amines is 1. The molecule has 0 saturated carbocycles. The van der Waals surface area contributed by atoms with Crippen LogP contribution in [0.25, 0.3) is 0 Å². The average molecular weight is 342 g/mol. The summed E-state index contributed by atoms with van der Waals surface area (Å²) in [6, 6.07) is 13.5. The largest absolute Gasteiger partial charge is 0.383 e. The van der Waals surface area contributed by atoms with E-state index in [1.54, 1.807) is 11.3 Å². The molecule has 0 fully saturated rings. The number of aromatic nitrogens is 2. The van der Waals surface area contributed by atoms with Crippen LogP contribution in [0.1, 0.15) is 10.4 Å². The minimum Gasteiger partial charge on any atom is -0.383 e. The highest BCUT2D eigenvalue weighted by atomic mass is 32.1. The van der Waals surface area contributed by atoms with E-state index in [0.29, 0.717) is 13.1 Å². The molecule has 2 aromatic heterocycles. The zero-order chi connectivity index (χ0) is 16.9. The Hall–Kier alpha value is -2.80. The van der Waals surface area contributed by atoms with Crippen LogP contribution in [-0.2, 0) is 13.0 Å². The van der Waals surface area contributed by atoms with Crippen molar-refractivity contribution in [3.63, 3.8) is 0 Å². The lowest BCUT2D eigenvalue weighted by atomic mass is 10.2. The number of rotatable bonds is 6. The second-order valence-electron chi connectivity index (χ2n) is 5.35. The first-order valence-corrected chi connectivity index (χ1v) is 8.46. The molecule has 7 heteroatoms. The van der Waals surface area contributed by atoms with Gasteiger partial charge in [-0.25, -0.2) is 4.79 Å². The van der Waals surface area contributed by atoms with E-state index in [1.807, 2.05) is 47.8 Å². The molecule has 0 spiro atoms. The summed E-state index contributed by atoms with van der Waals surface area (Å²) in [5.74, 6) is 0.152. The molecule has 0 bridgehead atoms. The van der Waals surface area contributed by atoms with Crippen LogP contribution in [0.4, 0.5) is 11.5 Å². The van der Waals surface area contributed by atoms with Gasteiger partial charge in [0.2, 0.25) is 0 Å². The van der Waals surface area contributed by atoms with Gasteiger partial charge in [0.25, 0.3) is 5.56 Å². The Morgan fingerprint density at radius 2 is 1.92 bits per heavy atom. The Balaban J connectivity index is 1.82. The fraction of sp³-hybridized carbons (Fsp3) is 0.176. The van der Waals surface area contributed by atoms with Crippen LogP contribution in [0.2, 0.25) is 0 Å². The monoisotopic (exact) mass is 342 g/mol. The van der Waals surface area contributed by atoms with E-state index in [0.717, 1.165) is 12.0 Å². The molecular formula is C17H18N4O2S. The Bertz CT molecular complexity index is 914. The number of H-pyrrole nitrogens is 1. The van der Waals surface area contributed by atoms with Gasteiger partial charge in [0.15, 0.2) is 0 Å². The van der Waals surface area contributed by atoms with Crippen LogP contribution in [0, 0.1) is 0 Å². The van der Waals surface area contributed by atoms with Crippen molar-refractivity contribution < 1.29 is 0 Å². The quantitative estimate of drug-likeness (QED) is 0.638. The third-order valence-corrected chi connectivity index (χ3v) is 4.61. The van der Waals surface area contributed by atoms with Crippen LogP contribution in [0.5, 0.6) is 0 Å². The van der Waals surface area contributed by atoms with Gasteiger partial charge in [-0.1, -0.05) is 36.4 Å². The minimum absolute atomic E-state index is 0.152. The summed E-state index contributed by atoms with van der Waals surface area (Å²) in [4.78, 5) is 27.7. The molecule has 6 nitrogen and oxygen atoms in total. The molecule has 3 rings (SSSR count). The lowest BCUT2D eigenvalue weighted by Crippen LogP contribution is -2.34. The second kappa shape index (κ2) is 7.18. The Morgan fingerprint density at radius 1 is 1.12 bits per heavy atom. The summed E-state index contributed by atoms with van der Waals surface area (Å²) in [5, 5.41) is 5.06. The van der Waals surface area contributed by atoms with Gasteiger partial charge in [0, 0.05) is 11.4 Å². The fourth-order valence-corrected chi connectivity index (χ4v) is 3.16. The van der Waals surface area contributed by atoms with Crippen molar-refractivity contribution in [2.24, 2.45) is 0 Å². The minimum atomic E-state index is -0.509. The molecule has 3 aromatic rings. The normalized spacial score (nSPS) is 10.7. The summed E-state index contributed by atoms with van der Waals surface area (Å²) in [5.41, 5.74) is 6.24. The number of benzene rings is 1. The van der Waals surface area contributed by atoms with Crippen molar-refractivity contribution in [3.8, 4) is 0 Å². The van der Waals surface area contributed by atoms with Gasteiger partial charge >= 0.3 is 5.69 Å². The highest BCUT2D eigenvalue weighted by Gasteiger charge is 2.12. The van der Waals surface area contributed by atoms with E-state index in [-0.39, 0.29) is 11.5 Å². The number of hydrogen-bond acceptors (Lipinski definition) is 5. The number of thiophene rings is 1. The van der Waals surface area contributed by atoms with Crippen LogP contribution < -0.4 is 22.3 Å². The van der Waals surface area contributed by atoms with Crippen LogP contribution in [0.3, 0.4) is 0 Å². The number of nitrogens with zero attached hydrogens (tertiary/aromatic N) is 1. The van der Waals surface area contributed by atoms with Crippen LogP contribution in [-0.4, -0.2) is 16.1 Å². The summed E-state index contributed by atoms with van der Waals surface area (Å²) < 4.78 is 1.37. The predicted octanol–water partition coefficient (Wildman–Crippen LogP) is 1.88. The molecule has 24 heavy (non-hydrogen) atoms. The molecule has 0 unspecified atom stereocenters. The maximum atomic E-state index is 12.1. The third-order valence-electron chi connectivity index (χ3n) is 3.68. The van der Waals surface area contributed by atoms with Crippen LogP contribution in [0.15, 0.2) is 57.4 Å². The molecule has 0 radical (unpaired) electrons. The van der Waals surface area contributed by atoms with Crippen molar-refractivity contribution in [1.29, 1.82) is 0 Å². The van der Waals surface area contributed by atoms with E-state index in [4.69, 9.17) is 5.73 Å². The Kier molecular flexibility index (Phi) is 4.81. The van der Waals surface area contributed by atoms with Gasteiger partial charge in [-0.3, -0.25) is 14.3 Å². The smallest absolute Gasteiger partial charge is 0.330 e. The summed E-state index contributed by atoms with van der Waals surface area (Å²) in [6.07, 6.45) is 0.786. The van der Waals surface area contributed by atoms with Gasteiger partial charge < -0.3 is 11.1 Å². The van der Waals surface area contributed by atoms with Gasteiger partial charge in [0.1, 0.15) is 11.5 Å². The van der Waals surface area contributed by atoms with E-state index in [9.17, 15) is 9.59 Å². The standard InChI is InChI=1S/C17H18N4O2S/c18-15-14(19-9-8-13-7-4-10-24-13)16(22)20-17(23)21(15)11-12-5-2-1-3-6-12/h1-7,10,19H,8-9,11,18H2,(H,20,22,23). The molecular weight excluding hydrogens is 324 g/mol. The zero-order valence-corrected chi connectivity index (χ0v) is 13.8. The van der Waals surface area contributed by atoms with Crippen molar-refractivity contribution in [2.45, 2.75) is 13.0 Å². The van der Waals surface area contributed by atoms with E-state index in [2.05, 4.69) is 10.3 Å². The highest BCUT2D eigenvalue weighted by Crippen LogP contribution is 2.14. The third kappa shape index (κ3) is 3.57. The number of nitrogen functional groups attached to an aromatic ring is 1. The molecule has 0 aliphatic heterocycles. The topological polar surface area (TPSA) is 92.9 Å². The van der Waals surface area contributed by atoms with Gasteiger partial charge in [-0.05, 0) is 23.4 Å². The SMILES string of the molecule is Nc1c(NCCc2cccs2)c(=O)[nH]c(=O)n1Cc1ccccc1. The summed E-state index contributed by atoms with van der Waals surface area (Å²) >= 11 is 1.66. The molecule has 0 aliphatic carbocycles. The van der Waals surface area contributed by atoms with E-state index in [1.165, 1.54) is 9.44 Å². The molecule has 124 valence electrons. The first kappa shape index (κ1) is 16.1. The van der Waals surface area contributed by atoms with E-state index < -0.39 is 11.2 Å². The van der Waals surface area contributed by atoms with E-state index >= 15 is 0 Å². The summed E-state index contributed by atoms with van der Waals surface area (Å²) in [6.45, 7) is 0.874. The summed E-state index contributed by atoms with van der Waals surface area (Å²) in [7, 11) is 0.